The van der Waals surface area contributed by atoms with Crippen LogP contribution in [0, 0.1) is 11.8 Å². The van der Waals surface area contributed by atoms with Gasteiger partial charge in [0.05, 0.1) is 0 Å². The van der Waals surface area contributed by atoms with Crippen LogP contribution in [0.5, 0.6) is 0 Å². The van der Waals surface area contributed by atoms with Crippen molar-refractivity contribution in [1.82, 2.24) is 19.6 Å². The Hall–Kier alpha value is -0.940. The van der Waals surface area contributed by atoms with Gasteiger partial charge >= 0.3 is 0 Å². The summed E-state index contributed by atoms with van der Waals surface area (Å²) < 4.78 is 0. The molecule has 2 aliphatic rings. The van der Waals surface area contributed by atoms with Crippen LogP contribution in [-0.2, 0) is 13.1 Å². The summed E-state index contributed by atoms with van der Waals surface area (Å²) in [4.78, 5) is 9.95. The van der Waals surface area contributed by atoms with Gasteiger partial charge < -0.3 is 9.80 Å². The molecule has 2 aliphatic heterocycles. The number of benzene rings is 1. The van der Waals surface area contributed by atoms with Crippen LogP contribution < -0.4 is 0 Å². The van der Waals surface area contributed by atoms with Crippen molar-refractivity contribution in [3.8, 4) is 0 Å². The summed E-state index contributed by atoms with van der Waals surface area (Å²) >= 11 is 0. The molecule has 4 heteroatoms. The zero-order valence-corrected chi connectivity index (χ0v) is 18.7. The van der Waals surface area contributed by atoms with Gasteiger partial charge in [0, 0.05) is 26.2 Å². The minimum Gasteiger partial charge on any atom is -0.309 e. The van der Waals surface area contributed by atoms with Gasteiger partial charge in [-0.05, 0) is 103 Å². The number of rotatable bonds is 8. The number of hydrogen-bond acceptors (Lipinski definition) is 4. The molecule has 0 amide bonds. The molecule has 0 saturated carbocycles. The Bertz CT molecular complexity index is 501. The topological polar surface area (TPSA) is 13.0 Å². The molecule has 2 fully saturated rings. The largest absolute Gasteiger partial charge is 0.309 e. The zero-order chi connectivity index (χ0) is 19.9. The fourth-order valence-corrected chi connectivity index (χ4v) is 4.95. The van der Waals surface area contributed by atoms with Crippen molar-refractivity contribution in [1.29, 1.82) is 0 Å². The fraction of sp³-hybridized carbons (Fsp3) is 0.750. The van der Waals surface area contributed by atoms with E-state index in [9.17, 15) is 0 Å². The van der Waals surface area contributed by atoms with Crippen LogP contribution in [0.25, 0.3) is 0 Å². The molecule has 0 aromatic heterocycles. The van der Waals surface area contributed by atoms with Gasteiger partial charge in [0.25, 0.3) is 0 Å². The number of nitrogens with zero attached hydrogens (tertiary/aromatic N) is 4. The molecular weight excluding hydrogens is 344 g/mol. The normalized spacial score (nSPS) is 21.1. The molecule has 0 unspecified atom stereocenters. The van der Waals surface area contributed by atoms with Crippen molar-refractivity contribution < 1.29 is 0 Å². The number of piperidine rings is 2. The van der Waals surface area contributed by atoms with Crippen LogP contribution in [0.1, 0.15) is 36.8 Å². The SMILES string of the molecule is CN(C)CC1CCN(Cc2ccc(CN3CCC(CN(C)C)CC3)cc2)CC1. The van der Waals surface area contributed by atoms with Crippen molar-refractivity contribution in [2.24, 2.45) is 11.8 Å². The third-order valence-electron chi connectivity index (χ3n) is 6.50. The Kier molecular flexibility index (Phi) is 8.34. The lowest BCUT2D eigenvalue weighted by Crippen LogP contribution is -2.37. The first-order chi connectivity index (χ1) is 13.5. The maximum absolute atomic E-state index is 2.64. The molecule has 28 heavy (non-hydrogen) atoms. The monoisotopic (exact) mass is 386 g/mol. The third-order valence-corrected chi connectivity index (χ3v) is 6.50. The van der Waals surface area contributed by atoms with E-state index in [0.29, 0.717) is 0 Å². The first-order valence-electron chi connectivity index (χ1n) is 11.3. The second-order valence-corrected chi connectivity index (χ2v) is 9.78. The van der Waals surface area contributed by atoms with E-state index in [1.807, 2.05) is 0 Å². The summed E-state index contributed by atoms with van der Waals surface area (Å²) in [6, 6.07) is 9.44. The van der Waals surface area contributed by atoms with Gasteiger partial charge in [0.1, 0.15) is 0 Å². The molecular formula is C24H42N4. The molecule has 4 nitrogen and oxygen atoms in total. The molecule has 0 N–H and O–H groups in total. The van der Waals surface area contributed by atoms with Crippen LogP contribution in [-0.4, -0.2) is 87.1 Å². The van der Waals surface area contributed by atoms with Gasteiger partial charge in [-0.3, -0.25) is 9.80 Å². The van der Waals surface area contributed by atoms with E-state index < -0.39 is 0 Å². The van der Waals surface area contributed by atoms with E-state index in [1.54, 1.807) is 0 Å². The highest BCUT2D eigenvalue weighted by Gasteiger charge is 2.21. The lowest BCUT2D eigenvalue weighted by Gasteiger charge is -2.33. The average Bonchev–Trinajstić information content (AvgIpc) is 2.66. The van der Waals surface area contributed by atoms with Crippen molar-refractivity contribution in [2.45, 2.75) is 38.8 Å². The molecule has 158 valence electrons. The number of likely N-dealkylation sites (tertiary alicyclic amines) is 2. The smallest absolute Gasteiger partial charge is 0.0233 e. The molecule has 1 aromatic rings. The first-order valence-corrected chi connectivity index (χ1v) is 11.3. The van der Waals surface area contributed by atoms with Gasteiger partial charge in [-0.2, -0.15) is 0 Å². The Labute approximate surface area is 173 Å². The lowest BCUT2D eigenvalue weighted by atomic mass is 9.95. The Morgan fingerprint density at radius 2 is 0.964 bits per heavy atom. The van der Waals surface area contributed by atoms with Crippen molar-refractivity contribution in [3.63, 3.8) is 0 Å². The van der Waals surface area contributed by atoms with Crippen LogP contribution in [0.2, 0.25) is 0 Å². The van der Waals surface area contributed by atoms with Gasteiger partial charge in [-0.1, -0.05) is 24.3 Å². The van der Waals surface area contributed by atoms with Gasteiger partial charge in [0.15, 0.2) is 0 Å². The lowest BCUT2D eigenvalue weighted by molar-refractivity contribution is 0.156. The van der Waals surface area contributed by atoms with E-state index in [2.05, 4.69) is 72.1 Å². The molecule has 3 rings (SSSR count). The van der Waals surface area contributed by atoms with Crippen LogP contribution in [0.4, 0.5) is 0 Å². The highest BCUT2D eigenvalue weighted by molar-refractivity contribution is 5.22. The molecule has 0 spiro atoms. The summed E-state index contributed by atoms with van der Waals surface area (Å²) in [5.74, 6) is 1.77. The van der Waals surface area contributed by atoms with Crippen LogP contribution in [0.15, 0.2) is 24.3 Å². The average molecular weight is 387 g/mol. The molecule has 0 aliphatic carbocycles. The van der Waals surface area contributed by atoms with Crippen molar-refractivity contribution >= 4 is 0 Å². The number of hydrogen-bond donors (Lipinski definition) is 0. The third kappa shape index (κ3) is 7.14. The van der Waals surface area contributed by atoms with Crippen molar-refractivity contribution in [3.05, 3.63) is 35.4 Å². The first kappa shape index (κ1) is 21.8. The minimum absolute atomic E-state index is 0.885. The molecule has 2 heterocycles. The Balaban J connectivity index is 1.39. The summed E-state index contributed by atoms with van der Waals surface area (Å²) in [5.41, 5.74) is 2.94. The maximum Gasteiger partial charge on any atom is 0.0233 e. The summed E-state index contributed by atoms with van der Waals surface area (Å²) in [6.07, 6.45) is 5.39. The molecule has 0 bridgehead atoms. The minimum atomic E-state index is 0.885. The summed E-state index contributed by atoms with van der Waals surface area (Å²) in [6.45, 7) is 9.73. The van der Waals surface area contributed by atoms with E-state index >= 15 is 0 Å². The zero-order valence-electron chi connectivity index (χ0n) is 18.7. The predicted octanol–water partition coefficient (Wildman–Crippen LogP) is 3.23. The van der Waals surface area contributed by atoms with Crippen molar-refractivity contribution in [2.75, 3.05) is 67.5 Å². The highest BCUT2D eigenvalue weighted by Crippen LogP contribution is 2.21. The molecule has 0 radical (unpaired) electrons. The van der Waals surface area contributed by atoms with E-state index in [4.69, 9.17) is 0 Å². The predicted molar refractivity (Wildman–Crippen MR) is 120 cm³/mol. The Morgan fingerprint density at radius 3 is 1.25 bits per heavy atom. The van der Waals surface area contributed by atoms with Gasteiger partial charge in [-0.25, -0.2) is 0 Å². The van der Waals surface area contributed by atoms with E-state index in [1.165, 1.54) is 76.1 Å². The highest BCUT2D eigenvalue weighted by atomic mass is 15.1. The van der Waals surface area contributed by atoms with Gasteiger partial charge in [-0.15, -0.1) is 0 Å². The molecule has 2 saturated heterocycles. The standard InChI is InChI=1S/C24H42N4/c1-25(2)17-23-9-13-27(14-10-23)19-21-5-7-22(8-6-21)20-28-15-11-24(12-16-28)18-26(3)4/h5-8,23-24H,9-20H2,1-4H3. The molecule has 1 aromatic carbocycles. The molecule has 0 atom stereocenters. The quantitative estimate of drug-likeness (QED) is 0.680. The second-order valence-electron chi connectivity index (χ2n) is 9.78. The summed E-state index contributed by atoms with van der Waals surface area (Å²) in [5, 5.41) is 0. The Morgan fingerprint density at radius 1 is 0.643 bits per heavy atom. The fourth-order valence-electron chi connectivity index (χ4n) is 4.95. The van der Waals surface area contributed by atoms with Gasteiger partial charge in [0.2, 0.25) is 0 Å². The maximum atomic E-state index is 2.64. The van der Waals surface area contributed by atoms with Crippen LogP contribution >= 0.6 is 0 Å². The van der Waals surface area contributed by atoms with Crippen LogP contribution in [0.3, 0.4) is 0 Å². The second kappa shape index (κ2) is 10.7. The summed E-state index contributed by atoms with van der Waals surface area (Å²) in [7, 11) is 8.78. The van der Waals surface area contributed by atoms with E-state index in [-0.39, 0.29) is 0 Å². The van der Waals surface area contributed by atoms with E-state index in [0.717, 1.165) is 24.9 Å².